The molecule has 12 heteroatoms. The van der Waals surface area contributed by atoms with Gasteiger partial charge in [0.2, 0.25) is 0 Å². The third-order valence-corrected chi connectivity index (χ3v) is 9.35. The zero-order valence-corrected chi connectivity index (χ0v) is 25.5. The fourth-order valence-electron chi connectivity index (χ4n) is 6.04. The van der Waals surface area contributed by atoms with Crippen LogP contribution in [0.4, 0.5) is 0 Å². The van der Waals surface area contributed by atoms with Crippen LogP contribution in [0.15, 0.2) is 119 Å². The van der Waals surface area contributed by atoms with E-state index < -0.39 is 31.7 Å². The lowest BCUT2D eigenvalue weighted by atomic mass is 10.0. The molecule has 46 heavy (non-hydrogen) atoms. The van der Waals surface area contributed by atoms with Crippen LogP contribution in [0.25, 0.3) is 55.0 Å². The smallest absolute Gasteiger partial charge is 0.269 e. The molecule has 0 bridgehead atoms. The number of aromatic nitrogens is 2. The lowest BCUT2D eigenvalue weighted by Gasteiger charge is -2.19. The average Bonchev–Trinajstić information content (AvgIpc) is 3.01. The van der Waals surface area contributed by atoms with Crippen molar-refractivity contribution in [2.75, 3.05) is 0 Å². The molecule has 2 N–H and O–H groups in total. The predicted octanol–water partition coefficient (Wildman–Crippen LogP) is 5.38. The summed E-state index contributed by atoms with van der Waals surface area (Å²) in [5.74, 6) is -1.10. The van der Waals surface area contributed by atoms with Gasteiger partial charge < -0.3 is 9.13 Å². The van der Waals surface area contributed by atoms with Gasteiger partial charge in [-0.15, -0.1) is 0 Å². The number of fused-ring (bicyclic) bond motifs is 4. The molecule has 0 unspecified atom stereocenters. The van der Waals surface area contributed by atoms with E-state index in [0.717, 1.165) is 0 Å². The fraction of sp³-hybridized carbons (Fsp3) is 0.0588. The molecule has 2 aromatic heterocycles. The highest BCUT2D eigenvalue weighted by Gasteiger charge is 2.19. The first-order valence-electron chi connectivity index (χ1n) is 14.0. The Morgan fingerprint density at radius 3 is 1.15 bits per heavy atom. The van der Waals surface area contributed by atoms with Crippen molar-refractivity contribution in [1.29, 1.82) is 0 Å². The second-order valence-corrected chi connectivity index (χ2v) is 13.9. The number of rotatable bonds is 6. The molecule has 0 aliphatic heterocycles. The van der Waals surface area contributed by atoms with Crippen molar-refractivity contribution in [3.05, 3.63) is 141 Å². The highest BCUT2D eigenvalue weighted by Crippen LogP contribution is 2.31. The van der Waals surface area contributed by atoms with Crippen LogP contribution >= 0.6 is 0 Å². The average molecular weight is 653 g/mol. The van der Waals surface area contributed by atoms with Gasteiger partial charge in [-0.05, 0) is 71.8 Å². The maximum absolute atomic E-state index is 14.0. The summed E-state index contributed by atoms with van der Waals surface area (Å²) in [7, 11) is -8.47. The molecule has 0 fully saturated rings. The molecule has 0 saturated carbocycles. The molecule has 0 amide bonds. The van der Waals surface area contributed by atoms with E-state index in [2.05, 4.69) is 0 Å². The van der Waals surface area contributed by atoms with E-state index >= 15 is 0 Å². The maximum Gasteiger partial charge on any atom is 0.269 e. The van der Waals surface area contributed by atoms with Gasteiger partial charge in [0.25, 0.3) is 20.2 Å². The molecular formula is C34H24N2O8S2. The van der Waals surface area contributed by atoms with Gasteiger partial charge in [-0.3, -0.25) is 18.7 Å². The van der Waals surface area contributed by atoms with E-state index in [9.17, 15) is 35.5 Å². The predicted molar refractivity (Wildman–Crippen MR) is 178 cm³/mol. The molecule has 0 radical (unpaired) electrons. The van der Waals surface area contributed by atoms with Gasteiger partial charge in [-0.25, -0.2) is 0 Å². The van der Waals surface area contributed by atoms with E-state index in [-0.39, 0.29) is 10.9 Å². The summed E-state index contributed by atoms with van der Waals surface area (Å²) in [6.45, 7) is 0. The van der Waals surface area contributed by atoms with E-state index in [1.165, 1.54) is 0 Å². The number of para-hydroxylation sites is 2. The van der Waals surface area contributed by atoms with E-state index in [4.69, 9.17) is 0 Å². The molecule has 5 aromatic carbocycles. The molecule has 0 spiro atoms. The largest absolute Gasteiger partial charge is 0.309 e. The van der Waals surface area contributed by atoms with Gasteiger partial charge in [0.1, 0.15) is 11.5 Å². The zero-order valence-electron chi connectivity index (χ0n) is 23.9. The van der Waals surface area contributed by atoms with Crippen molar-refractivity contribution in [2.45, 2.75) is 11.5 Å². The van der Waals surface area contributed by atoms with Gasteiger partial charge in [0.15, 0.2) is 10.9 Å². The summed E-state index contributed by atoms with van der Waals surface area (Å²) in [5.41, 5.74) is 3.55. The standard InChI is InChI=1S/C34H24N2O8S2/c37-33-25-5-1-3-7-29(25)35(23-13-9-21(10-14-23)19-45(39,40)41)31-18-28-32(17-27(31)33)36(30-8-4-2-6-26(30)34(28)38)24-15-11-22(12-16-24)20-46(42,43)44/h1-18H,19-20H2,(H,39,40,41)(H,42,43,44). The van der Waals surface area contributed by atoms with Crippen LogP contribution in [-0.4, -0.2) is 35.1 Å². The molecule has 0 saturated heterocycles. The Labute approximate surface area is 261 Å². The van der Waals surface area contributed by atoms with E-state index in [1.54, 1.807) is 109 Å². The van der Waals surface area contributed by atoms with Crippen LogP contribution < -0.4 is 10.9 Å². The van der Waals surface area contributed by atoms with Gasteiger partial charge in [-0.2, -0.15) is 16.8 Å². The molecule has 230 valence electrons. The lowest BCUT2D eigenvalue weighted by molar-refractivity contribution is 0.479. The second-order valence-electron chi connectivity index (χ2n) is 11.0. The number of hydrogen-bond donors (Lipinski definition) is 2. The maximum atomic E-state index is 14.0. The highest BCUT2D eigenvalue weighted by molar-refractivity contribution is 7.85. The Morgan fingerprint density at radius 2 is 0.804 bits per heavy atom. The van der Waals surface area contributed by atoms with Crippen molar-refractivity contribution in [3.8, 4) is 11.4 Å². The summed E-state index contributed by atoms with van der Waals surface area (Å²) in [5, 5.41) is 1.53. The highest BCUT2D eigenvalue weighted by atomic mass is 32.2. The molecule has 7 rings (SSSR count). The summed E-state index contributed by atoms with van der Waals surface area (Å²) < 4.78 is 68.1. The van der Waals surface area contributed by atoms with Gasteiger partial charge in [-0.1, -0.05) is 48.5 Å². The summed E-state index contributed by atoms with van der Waals surface area (Å²) in [6.07, 6.45) is 0. The van der Waals surface area contributed by atoms with Crippen LogP contribution in [0.3, 0.4) is 0 Å². The van der Waals surface area contributed by atoms with Crippen LogP contribution in [0.1, 0.15) is 11.1 Å². The number of hydrogen-bond acceptors (Lipinski definition) is 6. The molecule has 0 aliphatic rings. The number of benzene rings is 5. The fourth-order valence-corrected chi connectivity index (χ4v) is 7.27. The molecule has 0 atom stereocenters. The Hall–Kier alpha value is -5.14. The van der Waals surface area contributed by atoms with Crippen molar-refractivity contribution < 1.29 is 25.9 Å². The van der Waals surface area contributed by atoms with Gasteiger partial charge in [0.05, 0.1) is 22.1 Å². The number of pyridine rings is 2. The molecule has 7 aromatic rings. The molecule has 10 nitrogen and oxygen atoms in total. The molecule has 2 heterocycles. The van der Waals surface area contributed by atoms with Crippen molar-refractivity contribution in [2.24, 2.45) is 0 Å². The van der Waals surface area contributed by atoms with Crippen molar-refractivity contribution in [3.63, 3.8) is 0 Å². The summed E-state index contributed by atoms with van der Waals surface area (Å²) >= 11 is 0. The summed E-state index contributed by atoms with van der Waals surface area (Å²) in [6, 6.07) is 30.6. The van der Waals surface area contributed by atoms with Crippen molar-refractivity contribution >= 4 is 63.8 Å². The molecular weight excluding hydrogens is 629 g/mol. The second kappa shape index (κ2) is 10.7. The third-order valence-electron chi connectivity index (χ3n) is 7.95. The minimum Gasteiger partial charge on any atom is -0.309 e. The number of nitrogens with zero attached hydrogens (tertiary/aromatic N) is 2. The first-order valence-corrected chi connectivity index (χ1v) is 17.2. The van der Waals surface area contributed by atoms with Gasteiger partial charge in [0, 0.05) is 32.9 Å². The Morgan fingerprint density at radius 1 is 0.457 bits per heavy atom. The lowest BCUT2D eigenvalue weighted by Crippen LogP contribution is -2.14. The quantitative estimate of drug-likeness (QED) is 0.180. The topological polar surface area (TPSA) is 153 Å². The van der Waals surface area contributed by atoms with Crippen LogP contribution in [0.5, 0.6) is 0 Å². The Bertz CT molecular complexity index is 2520. The Kier molecular flexibility index (Phi) is 6.90. The first-order chi connectivity index (χ1) is 21.9. The van der Waals surface area contributed by atoms with Crippen LogP contribution in [0.2, 0.25) is 0 Å². The zero-order chi connectivity index (χ0) is 32.4. The van der Waals surface area contributed by atoms with E-state index in [1.807, 2.05) is 9.13 Å². The van der Waals surface area contributed by atoms with Crippen LogP contribution in [0, 0.1) is 0 Å². The van der Waals surface area contributed by atoms with Crippen LogP contribution in [-0.2, 0) is 31.7 Å². The first kappa shape index (κ1) is 29.6. The minimum absolute atomic E-state index is 0.248. The monoisotopic (exact) mass is 652 g/mol. The summed E-state index contributed by atoms with van der Waals surface area (Å²) in [4.78, 5) is 28.0. The van der Waals surface area contributed by atoms with Gasteiger partial charge >= 0.3 is 0 Å². The van der Waals surface area contributed by atoms with E-state index in [0.29, 0.717) is 66.1 Å². The third kappa shape index (κ3) is 5.26. The SMILES string of the molecule is O=c1c2ccccc2n(-c2ccc(CS(=O)(=O)O)cc2)c2cc3c(=O)c4ccccc4n(-c4ccc(CS(=O)(=O)O)cc4)c3cc12. The molecule has 0 aliphatic carbocycles. The normalized spacial score (nSPS) is 12.4. The minimum atomic E-state index is -4.24. The Balaban J connectivity index is 1.57. The van der Waals surface area contributed by atoms with Crippen molar-refractivity contribution in [1.82, 2.24) is 9.13 Å².